The quantitative estimate of drug-likeness (QED) is 0.301. The van der Waals surface area contributed by atoms with E-state index in [2.05, 4.69) is 0 Å². The van der Waals surface area contributed by atoms with Crippen molar-refractivity contribution in [1.29, 1.82) is 0 Å². The molecule has 0 bridgehead atoms. The molecule has 172 valence electrons. The molecule has 0 aliphatic carbocycles. The lowest BCUT2D eigenvalue weighted by Gasteiger charge is -2.28. The molecule has 0 spiro atoms. The van der Waals surface area contributed by atoms with E-state index in [4.69, 9.17) is 9.47 Å². The number of sulfonamides is 1. The summed E-state index contributed by atoms with van der Waals surface area (Å²) in [5.41, 5.74) is -0.133. The largest absolute Gasteiger partial charge is 0.493 e. The summed E-state index contributed by atoms with van der Waals surface area (Å²) in [6.45, 7) is 2.05. The van der Waals surface area contributed by atoms with Crippen LogP contribution in [0.15, 0.2) is 23.6 Å². The number of nitro groups is 1. The van der Waals surface area contributed by atoms with E-state index < -0.39 is 43.6 Å². The van der Waals surface area contributed by atoms with Crippen LogP contribution in [0, 0.1) is 10.1 Å². The van der Waals surface area contributed by atoms with Crippen molar-refractivity contribution >= 4 is 38.2 Å². The van der Waals surface area contributed by atoms with Gasteiger partial charge in [-0.2, -0.15) is 0 Å². The van der Waals surface area contributed by atoms with Crippen molar-refractivity contribution in [3.63, 3.8) is 0 Å². The second-order valence-electron chi connectivity index (χ2n) is 6.99. The minimum Gasteiger partial charge on any atom is -0.493 e. The van der Waals surface area contributed by atoms with E-state index in [1.807, 2.05) is 0 Å². The number of amides is 2. The Morgan fingerprint density at radius 3 is 2.47 bits per heavy atom. The molecule has 0 unspecified atom stereocenters. The summed E-state index contributed by atoms with van der Waals surface area (Å²) in [7, 11) is 0.225. The highest BCUT2D eigenvalue weighted by molar-refractivity contribution is 7.89. The number of hydrogen-bond acceptors (Lipinski definition) is 9. The van der Waals surface area contributed by atoms with Gasteiger partial charge in [-0.25, -0.2) is 12.7 Å². The standard InChI is InChI=1S/C19H21N3O8S2/c1-5-30-15-8-11(6-7-14(15)29-4)13(10-32(27,28)20(2)3)21-17(23)12-9-31-19(22(25)26)16(12)18(21)24/h6-9,13H,5,10H2,1-4H3/t13-/m0/s1. The van der Waals surface area contributed by atoms with Gasteiger partial charge in [0.2, 0.25) is 10.0 Å². The zero-order valence-electron chi connectivity index (χ0n) is 17.7. The minimum atomic E-state index is -3.88. The Morgan fingerprint density at radius 1 is 1.22 bits per heavy atom. The highest BCUT2D eigenvalue weighted by atomic mass is 32.2. The number of thiophene rings is 1. The molecule has 1 aliphatic rings. The number of ether oxygens (including phenoxy) is 2. The van der Waals surface area contributed by atoms with Gasteiger partial charge in [0.25, 0.3) is 11.8 Å². The summed E-state index contributed by atoms with van der Waals surface area (Å²) in [5, 5.41) is 12.1. The van der Waals surface area contributed by atoms with Crippen LogP contribution in [0.25, 0.3) is 0 Å². The molecule has 2 aromatic rings. The normalized spacial score (nSPS) is 14.6. The fraction of sp³-hybridized carbons (Fsp3) is 0.368. The number of rotatable bonds is 9. The van der Waals surface area contributed by atoms with Gasteiger partial charge in [0, 0.05) is 19.5 Å². The lowest BCUT2D eigenvalue weighted by molar-refractivity contribution is -0.380. The van der Waals surface area contributed by atoms with Gasteiger partial charge in [0.15, 0.2) is 11.5 Å². The van der Waals surface area contributed by atoms with Gasteiger partial charge >= 0.3 is 5.00 Å². The minimum absolute atomic E-state index is 0.113. The molecule has 1 atom stereocenters. The Bertz CT molecular complexity index is 1190. The fourth-order valence-corrected chi connectivity index (χ4v) is 5.20. The lowest BCUT2D eigenvalue weighted by atomic mass is 10.1. The van der Waals surface area contributed by atoms with Crippen LogP contribution in [0.4, 0.5) is 5.00 Å². The van der Waals surface area contributed by atoms with E-state index in [1.54, 1.807) is 6.92 Å². The predicted octanol–water partition coefficient (Wildman–Crippen LogP) is 2.29. The molecule has 1 aromatic heterocycles. The first-order chi connectivity index (χ1) is 15.0. The first kappa shape index (κ1) is 23.6. The monoisotopic (exact) mass is 483 g/mol. The molecule has 3 rings (SSSR count). The topological polar surface area (TPSA) is 136 Å². The smallest absolute Gasteiger partial charge is 0.337 e. The van der Waals surface area contributed by atoms with Crippen molar-refractivity contribution in [2.24, 2.45) is 0 Å². The van der Waals surface area contributed by atoms with Crippen LogP contribution in [0.2, 0.25) is 0 Å². The van der Waals surface area contributed by atoms with E-state index in [-0.39, 0.29) is 11.1 Å². The third kappa shape index (κ3) is 4.06. The summed E-state index contributed by atoms with van der Waals surface area (Å²) >= 11 is 0.679. The number of carbonyl (C=O) groups is 2. The maximum Gasteiger partial charge on any atom is 0.337 e. The summed E-state index contributed by atoms with van der Waals surface area (Å²) in [5.74, 6) is -1.62. The summed E-state index contributed by atoms with van der Waals surface area (Å²) < 4.78 is 37.2. The van der Waals surface area contributed by atoms with Crippen LogP contribution in [-0.4, -0.2) is 67.9 Å². The number of hydrogen-bond donors (Lipinski definition) is 0. The second-order valence-corrected chi connectivity index (χ2v) is 10.1. The van der Waals surface area contributed by atoms with Gasteiger partial charge in [-0.3, -0.25) is 24.6 Å². The van der Waals surface area contributed by atoms with Crippen molar-refractivity contribution < 1.29 is 32.4 Å². The highest BCUT2D eigenvalue weighted by Crippen LogP contribution is 2.41. The van der Waals surface area contributed by atoms with Crippen molar-refractivity contribution in [1.82, 2.24) is 9.21 Å². The third-order valence-electron chi connectivity index (χ3n) is 4.93. The molecule has 0 fully saturated rings. The molecule has 0 radical (unpaired) electrons. The maximum absolute atomic E-state index is 13.1. The van der Waals surface area contributed by atoms with Crippen molar-refractivity contribution in [2.45, 2.75) is 13.0 Å². The molecule has 2 heterocycles. The Labute approximate surface area is 188 Å². The van der Waals surface area contributed by atoms with Crippen LogP contribution >= 0.6 is 11.3 Å². The zero-order valence-corrected chi connectivity index (χ0v) is 19.4. The van der Waals surface area contributed by atoms with Gasteiger partial charge in [-0.1, -0.05) is 17.4 Å². The predicted molar refractivity (Wildman–Crippen MR) is 116 cm³/mol. The van der Waals surface area contributed by atoms with Gasteiger partial charge in [-0.15, -0.1) is 0 Å². The van der Waals surface area contributed by atoms with Crippen molar-refractivity contribution in [3.8, 4) is 11.5 Å². The molecular formula is C19H21N3O8S2. The van der Waals surface area contributed by atoms with Gasteiger partial charge in [-0.05, 0) is 24.6 Å². The van der Waals surface area contributed by atoms with E-state index in [0.29, 0.717) is 35.0 Å². The van der Waals surface area contributed by atoms with Crippen LogP contribution in [0.5, 0.6) is 11.5 Å². The van der Waals surface area contributed by atoms with Crippen LogP contribution in [0.3, 0.4) is 0 Å². The number of imide groups is 1. The summed E-state index contributed by atoms with van der Waals surface area (Å²) in [6.07, 6.45) is 0. The molecule has 0 saturated carbocycles. The van der Waals surface area contributed by atoms with Gasteiger partial charge in [0.05, 0.1) is 36.0 Å². The molecule has 32 heavy (non-hydrogen) atoms. The Kier molecular flexibility index (Phi) is 6.53. The first-order valence-corrected chi connectivity index (χ1v) is 11.9. The lowest BCUT2D eigenvalue weighted by Crippen LogP contribution is -2.40. The van der Waals surface area contributed by atoms with E-state index >= 15 is 0 Å². The zero-order chi connectivity index (χ0) is 23.8. The first-order valence-electron chi connectivity index (χ1n) is 9.38. The molecule has 1 aromatic carbocycles. The molecule has 1 aliphatic heterocycles. The van der Waals surface area contributed by atoms with E-state index in [9.17, 15) is 28.1 Å². The number of benzene rings is 1. The van der Waals surface area contributed by atoms with E-state index in [0.717, 1.165) is 9.21 Å². The molecule has 0 saturated heterocycles. The number of fused-ring (bicyclic) bond motifs is 1. The summed E-state index contributed by atoms with van der Waals surface area (Å²) in [6, 6.07) is 3.32. The number of nitrogens with zero attached hydrogens (tertiary/aromatic N) is 3. The molecule has 11 nitrogen and oxygen atoms in total. The molecular weight excluding hydrogens is 462 g/mol. The average Bonchev–Trinajstić information content (AvgIpc) is 3.27. The average molecular weight is 484 g/mol. The third-order valence-corrected chi connectivity index (χ3v) is 7.71. The number of carbonyl (C=O) groups excluding carboxylic acids is 2. The van der Waals surface area contributed by atoms with Gasteiger partial charge < -0.3 is 9.47 Å². The Balaban J connectivity index is 2.15. The van der Waals surface area contributed by atoms with Crippen molar-refractivity contribution in [2.75, 3.05) is 33.6 Å². The highest BCUT2D eigenvalue weighted by Gasteiger charge is 2.47. The fourth-order valence-electron chi connectivity index (χ4n) is 3.31. The van der Waals surface area contributed by atoms with Crippen molar-refractivity contribution in [3.05, 3.63) is 50.4 Å². The Hall–Kier alpha value is -3.03. The summed E-state index contributed by atoms with van der Waals surface area (Å²) in [4.78, 5) is 37.6. The Morgan fingerprint density at radius 2 is 1.91 bits per heavy atom. The molecule has 0 N–H and O–H groups in total. The van der Waals surface area contributed by atoms with Crippen LogP contribution < -0.4 is 9.47 Å². The SMILES string of the molecule is CCOc1cc([C@H](CS(=O)(=O)N(C)C)N2C(=O)c3csc([N+](=O)[O-])c3C2=O)ccc1OC. The molecule has 2 amide bonds. The second kappa shape index (κ2) is 8.84. The van der Waals surface area contributed by atoms with Gasteiger partial charge in [0.1, 0.15) is 5.56 Å². The molecule has 13 heteroatoms. The van der Waals surface area contributed by atoms with E-state index in [1.165, 1.54) is 44.8 Å². The van der Waals surface area contributed by atoms with Crippen LogP contribution in [-0.2, 0) is 10.0 Å². The van der Waals surface area contributed by atoms with Crippen LogP contribution in [0.1, 0.15) is 39.2 Å². The maximum atomic E-state index is 13.1. The number of methoxy groups -OCH3 is 1.